The van der Waals surface area contributed by atoms with Crippen LogP contribution in [0.25, 0.3) is 0 Å². The first-order chi connectivity index (χ1) is 10.5. The van der Waals surface area contributed by atoms with E-state index >= 15 is 0 Å². The van der Waals surface area contributed by atoms with E-state index in [1.165, 1.54) is 18.3 Å². The molecule has 0 bridgehead atoms. The second-order valence-corrected chi connectivity index (χ2v) is 5.61. The minimum absolute atomic E-state index is 0.0948. The minimum Gasteiger partial charge on any atom is -0.466 e. The first-order valence-electron chi connectivity index (χ1n) is 7.27. The van der Waals surface area contributed by atoms with Gasteiger partial charge in [-0.3, -0.25) is 14.4 Å². The van der Waals surface area contributed by atoms with E-state index in [4.69, 9.17) is 4.74 Å². The van der Waals surface area contributed by atoms with Crippen molar-refractivity contribution < 1.29 is 19.1 Å². The van der Waals surface area contributed by atoms with Crippen molar-refractivity contribution in [3.8, 4) is 0 Å². The maximum absolute atomic E-state index is 12.4. The van der Waals surface area contributed by atoms with E-state index in [1.54, 1.807) is 17.9 Å². The Morgan fingerprint density at radius 1 is 1.32 bits per heavy atom. The minimum atomic E-state index is -0.312. The number of carbonyl (C=O) groups excluding carboxylic acids is 3. The van der Waals surface area contributed by atoms with Gasteiger partial charge in [0, 0.05) is 26.6 Å². The van der Waals surface area contributed by atoms with Gasteiger partial charge in [-0.05, 0) is 24.8 Å². The third-order valence-electron chi connectivity index (χ3n) is 2.89. The van der Waals surface area contributed by atoms with Crippen molar-refractivity contribution in [2.45, 2.75) is 26.7 Å². The highest BCUT2D eigenvalue weighted by Gasteiger charge is 2.17. The van der Waals surface area contributed by atoms with Crippen molar-refractivity contribution in [3.05, 3.63) is 22.4 Å². The molecule has 0 unspecified atom stereocenters. The van der Waals surface area contributed by atoms with Gasteiger partial charge in [0.1, 0.15) is 0 Å². The SMILES string of the molecule is CCOC(=O)CCN(CCCNC(C)=O)C(=O)c1cccs1. The van der Waals surface area contributed by atoms with Gasteiger partial charge < -0.3 is 15.0 Å². The second kappa shape index (κ2) is 9.94. The Balaban J connectivity index is 2.54. The molecule has 2 amide bonds. The van der Waals surface area contributed by atoms with E-state index in [2.05, 4.69) is 5.32 Å². The summed E-state index contributed by atoms with van der Waals surface area (Å²) in [6, 6.07) is 3.58. The number of thiophene rings is 1. The molecule has 1 aromatic rings. The lowest BCUT2D eigenvalue weighted by atomic mass is 10.3. The lowest BCUT2D eigenvalue weighted by molar-refractivity contribution is -0.143. The van der Waals surface area contributed by atoms with Gasteiger partial charge in [0.15, 0.2) is 0 Å². The van der Waals surface area contributed by atoms with Crippen molar-refractivity contribution in [2.24, 2.45) is 0 Å². The van der Waals surface area contributed by atoms with Crippen LogP contribution in [0.15, 0.2) is 17.5 Å². The molecular weight excluding hydrogens is 304 g/mol. The standard InChI is InChI=1S/C15H22N2O4S/c1-3-21-14(19)7-10-17(9-5-8-16-12(2)18)15(20)13-6-4-11-22-13/h4,6,11H,3,5,7-10H2,1-2H3,(H,16,18). The summed E-state index contributed by atoms with van der Waals surface area (Å²) in [5, 5.41) is 4.54. The number of esters is 1. The molecule has 0 aliphatic heterocycles. The zero-order valence-corrected chi connectivity index (χ0v) is 13.8. The molecule has 0 saturated heterocycles. The molecule has 1 N–H and O–H groups in total. The monoisotopic (exact) mass is 326 g/mol. The van der Waals surface area contributed by atoms with Gasteiger partial charge in [0.05, 0.1) is 17.9 Å². The average Bonchev–Trinajstić information content (AvgIpc) is 3.00. The molecule has 0 radical (unpaired) electrons. The fraction of sp³-hybridized carbons (Fsp3) is 0.533. The molecule has 0 aromatic carbocycles. The van der Waals surface area contributed by atoms with E-state index < -0.39 is 0 Å². The molecule has 1 aromatic heterocycles. The third kappa shape index (κ3) is 6.71. The Kier molecular flexibility index (Phi) is 8.21. The highest BCUT2D eigenvalue weighted by molar-refractivity contribution is 7.12. The smallest absolute Gasteiger partial charge is 0.307 e. The molecule has 0 aliphatic carbocycles. The molecule has 0 atom stereocenters. The number of ether oxygens (including phenoxy) is 1. The van der Waals surface area contributed by atoms with Crippen LogP contribution in [0.1, 0.15) is 36.4 Å². The second-order valence-electron chi connectivity index (χ2n) is 4.66. The summed E-state index contributed by atoms with van der Waals surface area (Å²) < 4.78 is 4.89. The molecule has 0 aliphatic rings. The number of amides is 2. The van der Waals surface area contributed by atoms with E-state index in [-0.39, 0.29) is 24.2 Å². The first kappa shape index (κ1) is 18.2. The molecule has 1 rings (SSSR count). The fourth-order valence-corrected chi connectivity index (χ4v) is 2.56. The molecular formula is C15H22N2O4S. The Morgan fingerprint density at radius 3 is 2.68 bits per heavy atom. The van der Waals surface area contributed by atoms with Gasteiger partial charge in [-0.2, -0.15) is 0 Å². The lowest BCUT2D eigenvalue weighted by Gasteiger charge is -2.21. The molecule has 22 heavy (non-hydrogen) atoms. The topological polar surface area (TPSA) is 75.7 Å². The number of hydrogen-bond acceptors (Lipinski definition) is 5. The quantitative estimate of drug-likeness (QED) is 0.553. The number of nitrogens with zero attached hydrogens (tertiary/aromatic N) is 1. The highest BCUT2D eigenvalue weighted by atomic mass is 32.1. The van der Waals surface area contributed by atoms with Crippen molar-refractivity contribution in [1.82, 2.24) is 10.2 Å². The summed E-state index contributed by atoms with van der Waals surface area (Å²) in [6.07, 6.45) is 0.810. The molecule has 122 valence electrons. The Hall–Kier alpha value is -1.89. The molecule has 0 fully saturated rings. The van der Waals surface area contributed by atoms with Gasteiger partial charge in [0.25, 0.3) is 5.91 Å². The largest absolute Gasteiger partial charge is 0.466 e. The van der Waals surface area contributed by atoms with Gasteiger partial charge in [-0.25, -0.2) is 0 Å². The third-order valence-corrected chi connectivity index (χ3v) is 3.75. The van der Waals surface area contributed by atoms with Crippen molar-refractivity contribution in [2.75, 3.05) is 26.2 Å². The molecule has 1 heterocycles. The van der Waals surface area contributed by atoms with Crippen LogP contribution in [0.5, 0.6) is 0 Å². The molecule has 7 heteroatoms. The highest BCUT2D eigenvalue weighted by Crippen LogP contribution is 2.12. The van der Waals surface area contributed by atoms with Gasteiger partial charge in [-0.15, -0.1) is 11.3 Å². The summed E-state index contributed by atoms with van der Waals surface area (Å²) in [5.74, 6) is -0.502. The Morgan fingerprint density at radius 2 is 2.09 bits per heavy atom. The first-order valence-corrected chi connectivity index (χ1v) is 8.15. The number of nitrogens with one attached hydrogen (secondary N) is 1. The predicted octanol–water partition coefficient (Wildman–Crippen LogP) is 1.67. The van der Waals surface area contributed by atoms with Crippen LogP contribution in [0.4, 0.5) is 0 Å². The summed E-state index contributed by atoms with van der Waals surface area (Å²) in [4.78, 5) is 37.0. The zero-order valence-electron chi connectivity index (χ0n) is 13.0. The van der Waals surface area contributed by atoms with Gasteiger partial charge in [-0.1, -0.05) is 6.07 Å². The Labute approximate surface area is 134 Å². The Bertz CT molecular complexity index is 488. The number of hydrogen-bond donors (Lipinski definition) is 1. The van der Waals surface area contributed by atoms with Crippen LogP contribution in [-0.2, 0) is 14.3 Å². The number of rotatable bonds is 9. The van der Waals surface area contributed by atoms with Crippen LogP contribution in [-0.4, -0.2) is 48.9 Å². The van der Waals surface area contributed by atoms with E-state index in [0.717, 1.165) is 0 Å². The lowest BCUT2D eigenvalue weighted by Crippen LogP contribution is -2.35. The molecule has 0 saturated carbocycles. The fourth-order valence-electron chi connectivity index (χ4n) is 1.86. The summed E-state index contributed by atoms with van der Waals surface area (Å²) in [5.41, 5.74) is 0. The van der Waals surface area contributed by atoms with Crippen LogP contribution >= 0.6 is 11.3 Å². The molecule has 6 nitrogen and oxygen atoms in total. The predicted molar refractivity (Wildman–Crippen MR) is 84.8 cm³/mol. The van der Waals surface area contributed by atoms with E-state index in [0.29, 0.717) is 37.5 Å². The summed E-state index contributed by atoms with van der Waals surface area (Å²) >= 11 is 1.37. The van der Waals surface area contributed by atoms with Gasteiger partial charge in [0.2, 0.25) is 5.91 Å². The van der Waals surface area contributed by atoms with Crippen molar-refractivity contribution in [3.63, 3.8) is 0 Å². The van der Waals surface area contributed by atoms with Gasteiger partial charge >= 0.3 is 5.97 Å². The van der Waals surface area contributed by atoms with Crippen molar-refractivity contribution >= 4 is 29.1 Å². The summed E-state index contributed by atoms with van der Waals surface area (Å²) in [6.45, 7) is 4.84. The van der Waals surface area contributed by atoms with E-state index in [9.17, 15) is 14.4 Å². The molecule has 0 spiro atoms. The van der Waals surface area contributed by atoms with Crippen LogP contribution in [0, 0.1) is 0 Å². The average molecular weight is 326 g/mol. The number of carbonyl (C=O) groups is 3. The van der Waals surface area contributed by atoms with Crippen molar-refractivity contribution in [1.29, 1.82) is 0 Å². The zero-order chi connectivity index (χ0) is 16.4. The maximum Gasteiger partial charge on any atom is 0.307 e. The van der Waals surface area contributed by atoms with E-state index in [1.807, 2.05) is 11.4 Å². The maximum atomic E-state index is 12.4. The normalized spacial score (nSPS) is 10.1. The van der Waals surface area contributed by atoms with Crippen LogP contribution in [0.2, 0.25) is 0 Å². The summed E-state index contributed by atoms with van der Waals surface area (Å²) in [7, 11) is 0. The van der Waals surface area contributed by atoms with Crippen LogP contribution in [0.3, 0.4) is 0 Å². The van der Waals surface area contributed by atoms with Crippen LogP contribution < -0.4 is 5.32 Å².